The van der Waals surface area contributed by atoms with Crippen LogP contribution in [0.15, 0.2) is 18.2 Å². The van der Waals surface area contributed by atoms with E-state index in [1.165, 1.54) is 31.2 Å². The lowest BCUT2D eigenvalue weighted by molar-refractivity contribution is 0.168. The maximum atomic E-state index is 6.17. The summed E-state index contributed by atoms with van der Waals surface area (Å²) in [5, 5.41) is 0.788. The third-order valence-corrected chi connectivity index (χ3v) is 4.76. The standard InChI is InChI=1S/C17H25ClN2O/c18-16-5-6-17(21-12-13-3-4-13)15(8-16)11-20-7-1-2-14(9-19)10-20/h5-6,8,13-14H,1-4,7,9-12,19H2/t14-/m0/s1. The van der Waals surface area contributed by atoms with Crippen molar-refractivity contribution in [1.82, 2.24) is 4.90 Å². The summed E-state index contributed by atoms with van der Waals surface area (Å²) in [5.41, 5.74) is 7.04. The predicted molar refractivity (Wildman–Crippen MR) is 86.7 cm³/mol. The lowest BCUT2D eigenvalue weighted by Gasteiger charge is -2.32. The maximum absolute atomic E-state index is 6.17. The number of hydrogen-bond donors (Lipinski definition) is 1. The molecule has 0 unspecified atom stereocenters. The van der Waals surface area contributed by atoms with Gasteiger partial charge in [-0.3, -0.25) is 4.90 Å². The Balaban J connectivity index is 1.65. The topological polar surface area (TPSA) is 38.5 Å². The molecule has 3 rings (SSSR count). The molecule has 0 bridgehead atoms. The van der Waals surface area contributed by atoms with E-state index in [-0.39, 0.29) is 0 Å². The smallest absolute Gasteiger partial charge is 0.123 e. The molecule has 1 atom stereocenters. The van der Waals surface area contributed by atoms with Crippen molar-refractivity contribution >= 4 is 11.6 Å². The van der Waals surface area contributed by atoms with Crippen molar-refractivity contribution in [3.05, 3.63) is 28.8 Å². The maximum Gasteiger partial charge on any atom is 0.123 e. The minimum Gasteiger partial charge on any atom is -0.493 e. The molecule has 1 saturated heterocycles. The fourth-order valence-corrected chi connectivity index (χ4v) is 3.23. The Hall–Kier alpha value is -0.770. The number of nitrogens with two attached hydrogens (primary N) is 1. The second-order valence-corrected chi connectivity index (χ2v) is 6.92. The van der Waals surface area contributed by atoms with Gasteiger partial charge in [0.25, 0.3) is 0 Å². The Morgan fingerprint density at radius 2 is 2.10 bits per heavy atom. The second kappa shape index (κ2) is 6.99. The summed E-state index contributed by atoms with van der Waals surface area (Å²) in [4.78, 5) is 2.48. The zero-order valence-corrected chi connectivity index (χ0v) is 13.3. The summed E-state index contributed by atoms with van der Waals surface area (Å²) in [6.07, 6.45) is 5.12. The van der Waals surface area contributed by atoms with Crippen LogP contribution in [0, 0.1) is 11.8 Å². The third-order valence-electron chi connectivity index (χ3n) is 4.52. The fourth-order valence-electron chi connectivity index (χ4n) is 3.03. The molecule has 1 saturated carbocycles. The highest BCUT2D eigenvalue weighted by molar-refractivity contribution is 6.30. The Labute approximate surface area is 132 Å². The fraction of sp³-hybridized carbons (Fsp3) is 0.647. The second-order valence-electron chi connectivity index (χ2n) is 6.49. The van der Waals surface area contributed by atoms with Crippen molar-refractivity contribution in [3.8, 4) is 5.75 Å². The van der Waals surface area contributed by atoms with Crippen LogP contribution in [0.4, 0.5) is 0 Å². The molecule has 0 spiro atoms. The molecule has 1 aromatic rings. The van der Waals surface area contributed by atoms with E-state index in [4.69, 9.17) is 22.1 Å². The highest BCUT2D eigenvalue weighted by atomic mass is 35.5. The van der Waals surface area contributed by atoms with E-state index < -0.39 is 0 Å². The van der Waals surface area contributed by atoms with Gasteiger partial charge in [-0.2, -0.15) is 0 Å². The molecule has 0 aromatic heterocycles. The van der Waals surface area contributed by atoms with Crippen molar-refractivity contribution < 1.29 is 4.74 Å². The van der Waals surface area contributed by atoms with Crippen LogP contribution in [0.5, 0.6) is 5.75 Å². The van der Waals surface area contributed by atoms with Crippen LogP contribution in [0.2, 0.25) is 5.02 Å². The minimum atomic E-state index is 0.633. The molecule has 2 aliphatic rings. The van der Waals surface area contributed by atoms with Crippen molar-refractivity contribution in [2.75, 3.05) is 26.2 Å². The van der Waals surface area contributed by atoms with Gasteiger partial charge < -0.3 is 10.5 Å². The molecule has 2 N–H and O–H groups in total. The van der Waals surface area contributed by atoms with E-state index >= 15 is 0 Å². The lowest BCUT2D eigenvalue weighted by Crippen LogP contribution is -2.37. The molecule has 4 heteroatoms. The van der Waals surface area contributed by atoms with Gasteiger partial charge in [0.1, 0.15) is 5.75 Å². The monoisotopic (exact) mass is 308 g/mol. The molecule has 1 aliphatic carbocycles. The molecule has 116 valence electrons. The minimum absolute atomic E-state index is 0.633. The summed E-state index contributed by atoms with van der Waals surface area (Å²) in [6.45, 7) is 4.78. The van der Waals surface area contributed by atoms with E-state index in [1.807, 2.05) is 12.1 Å². The van der Waals surface area contributed by atoms with Gasteiger partial charge in [0, 0.05) is 23.7 Å². The first-order valence-corrected chi connectivity index (χ1v) is 8.46. The summed E-state index contributed by atoms with van der Waals surface area (Å²) in [6, 6.07) is 5.99. The number of ether oxygens (including phenoxy) is 1. The van der Waals surface area contributed by atoms with Gasteiger partial charge >= 0.3 is 0 Å². The third kappa shape index (κ3) is 4.35. The van der Waals surface area contributed by atoms with Crippen LogP contribution in [0.1, 0.15) is 31.2 Å². The first-order valence-electron chi connectivity index (χ1n) is 8.08. The van der Waals surface area contributed by atoms with Gasteiger partial charge in [0.05, 0.1) is 6.61 Å². The number of rotatable bonds is 6. The van der Waals surface area contributed by atoms with Crippen LogP contribution in [0.25, 0.3) is 0 Å². The highest BCUT2D eigenvalue weighted by Gasteiger charge is 2.23. The molecular weight excluding hydrogens is 284 g/mol. The Morgan fingerprint density at radius 1 is 1.24 bits per heavy atom. The normalized spacial score (nSPS) is 23.2. The van der Waals surface area contributed by atoms with Crippen molar-refractivity contribution in [1.29, 1.82) is 0 Å². The molecule has 1 aromatic carbocycles. The van der Waals surface area contributed by atoms with Crippen molar-refractivity contribution in [3.63, 3.8) is 0 Å². The molecule has 21 heavy (non-hydrogen) atoms. The quantitative estimate of drug-likeness (QED) is 0.876. The molecule has 0 amide bonds. The first kappa shape index (κ1) is 15.1. The van der Waals surface area contributed by atoms with Crippen LogP contribution in [-0.4, -0.2) is 31.1 Å². The molecule has 0 radical (unpaired) electrons. The van der Waals surface area contributed by atoms with Crippen molar-refractivity contribution in [2.45, 2.75) is 32.2 Å². The summed E-state index contributed by atoms with van der Waals surface area (Å²) in [7, 11) is 0. The van der Waals surface area contributed by atoms with Gasteiger partial charge in [-0.15, -0.1) is 0 Å². The average molecular weight is 309 g/mol. The van der Waals surface area contributed by atoms with E-state index in [0.29, 0.717) is 5.92 Å². The Morgan fingerprint density at radius 3 is 2.86 bits per heavy atom. The molecular formula is C17H25ClN2O. The van der Waals surface area contributed by atoms with E-state index in [9.17, 15) is 0 Å². The van der Waals surface area contributed by atoms with Crippen LogP contribution in [0.3, 0.4) is 0 Å². The number of benzene rings is 1. The SMILES string of the molecule is NC[C@@H]1CCCN(Cc2cc(Cl)ccc2OCC2CC2)C1. The van der Waals surface area contributed by atoms with Gasteiger partial charge in [0.15, 0.2) is 0 Å². The van der Waals surface area contributed by atoms with Crippen LogP contribution >= 0.6 is 11.6 Å². The summed E-state index contributed by atoms with van der Waals surface area (Å²) in [5.74, 6) is 2.40. The molecule has 2 fully saturated rings. The van der Waals surface area contributed by atoms with E-state index in [0.717, 1.165) is 49.5 Å². The Bertz CT molecular complexity index is 476. The number of nitrogens with zero attached hydrogens (tertiary/aromatic N) is 1. The number of halogens is 1. The van der Waals surface area contributed by atoms with Crippen molar-refractivity contribution in [2.24, 2.45) is 17.6 Å². The highest BCUT2D eigenvalue weighted by Crippen LogP contribution is 2.32. The van der Waals surface area contributed by atoms with Gasteiger partial charge in [-0.1, -0.05) is 11.6 Å². The first-order chi connectivity index (χ1) is 10.2. The van der Waals surface area contributed by atoms with E-state index in [1.54, 1.807) is 0 Å². The molecule has 3 nitrogen and oxygen atoms in total. The van der Waals surface area contributed by atoms with Gasteiger partial charge in [-0.05, 0) is 68.8 Å². The number of likely N-dealkylation sites (tertiary alicyclic amines) is 1. The van der Waals surface area contributed by atoms with Crippen LogP contribution < -0.4 is 10.5 Å². The van der Waals surface area contributed by atoms with Gasteiger partial charge in [-0.25, -0.2) is 0 Å². The molecule has 1 aliphatic heterocycles. The Kier molecular flexibility index (Phi) is 5.04. The number of hydrogen-bond acceptors (Lipinski definition) is 3. The summed E-state index contributed by atoms with van der Waals surface area (Å²) < 4.78 is 6.00. The predicted octanol–water partition coefficient (Wildman–Crippen LogP) is 3.30. The number of piperidine rings is 1. The zero-order chi connectivity index (χ0) is 14.7. The average Bonchev–Trinajstić information content (AvgIpc) is 3.31. The summed E-state index contributed by atoms with van der Waals surface area (Å²) >= 11 is 6.17. The van der Waals surface area contributed by atoms with Crippen LogP contribution in [-0.2, 0) is 6.54 Å². The van der Waals surface area contributed by atoms with Gasteiger partial charge in [0.2, 0.25) is 0 Å². The lowest BCUT2D eigenvalue weighted by atomic mass is 9.98. The zero-order valence-electron chi connectivity index (χ0n) is 12.6. The largest absolute Gasteiger partial charge is 0.493 e. The van der Waals surface area contributed by atoms with E-state index in [2.05, 4.69) is 11.0 Å². The molecule has 1 heterocycles.